The molecule has 1 unspecified atom stereocenters. The normalized spacial score (nSPS) is 18.5. The van der Waals surface area contributed by atoms with Crippen molar-refractivity contribution in [2.24, 2.45) is 13.0 Å². The highest BCUT2D eigenvalue weighted by molar-refractivity contribution is 7.89. The van der Waals surface area contributed by atoms with Crippen LogP contribution in [0.2, 0.25) is 0 Å². The van der Waals surface area contributed by atoms with E-state index in [2.05, 4.69) is 20.0 Å². The van der Waals surface area contributed by atoms with Crippen molar-refractivity contribution in [3.8, 4) is 0 Å². The lowest BCUT2D eigenvalue weighted by molar-refractivity contribution is 0.358. The summed E-state index contributed by atoms with van der Waals surface area (Å²) in [5.74, 6) is 0.462. The number of nitrogens with zero attached hydrogens (tertiary/aromatic N) is 2. The first kappa shape index (κ1) is 17.8. The number of sulfonamides is 1. The van der Waals surface area contributed by atoms with Crippen LogP contribution in [0.3, 0.4) is 0 Å². The van der Waals surface area contributed by atoms with E-state index in [0.29, 0.717) is 12.5 Å². The number of hydrogen-bond donors (Lipinski definition) is 3. The van der Waals surface area contributed by atoms with Crippen LogP contribution in [0.4, 0.5) is 0 Å². The topological polar surface area (TPSA) is 126 Å². The molecule has 0 radical (unpaired) electrons. The SMILES string of the molecule is Cn1c(=O)[nH]c(=O)c2cc(S(=O)(=O)NCCC3CCCNC3)cnc21. The second-order valence-electron chi connectivity index (χ2n) is 6.26. The van der Waals surface area contributed by atoms with Crippen molar-refractivity contribution < 1.29 is 8.42 Å². The molecular formula is C15H21N5O4S. The van der Waals surface area contributed by atoms with E-state index in [1.54, 1.807) is 0 Å². The number of nitrogens with one attached hydrogen (secondary N) is 3. The highest BCUT2D eigenvalue weighted by Gasteiger charge is 2.18. The molecule has 3 heterocycles. The number of H-pyrrole nitrogens is 1. The number of hydrogen-bond acceptors (Lipinski definition) is 6. The van der Waals surface area contributed by atoms with Gasteiger partial charge in [0.2, 0.25) is 10.0 Å². The minimum atomic E-state index is -3.77. The zero-order valence-corrected chi connectivity index (χ0v) is 14.7. The average Bonchev–Trinajstić information content (AvgIpc) is 2.60. The molecule has 0 aromatic carbocycles. The van der Waals surface area contributed by atoms with E-state index in [-0.39, 0.29) is 15.9 Å². The molecule has 0 bridgehead atoms. The smallest absolute Gasteiger partial charge is 0.316 e. The summed E-state index contributed by atoms with van der Waals surface area (Å²) < 4.78 is 28.6. The third-order valence-corrected chi connectivity index (χ3v) is 5.91. The van der Waals surface area contributed by atoms with Gasteiger partial charge in [-0.25, -0.2) is 22.9 Å². The van der Waals surface area contributed by atoms with Crippen molar-refractivity contribution in [1.29, 1.82) is 0 Å². The van der Waals surface area contributed by atoms with Gasteiger partial charge in [-0.1, -0.05) is 0 Å². The van der Waals surface area contributed by atoms with Gasteiger partial charge in [0.25, 0.3) is 5.56 Å². The largest absolute Gasteiger partial charge is 0.329 e. The Morgan fingerprint density at radius 3 is 2.92 bits per heavy atom. The number of rotatable bonds is 5. The standard InChI is InChI=1S/C15H21N5O4S/c1-20-13-12(14(21)19-15(20)22)7-11(9-17-13)25(23,24)18-6-4-10-3-2-5-16-8-10/h7,9-10,16,18H,2-6,8H2,1H3,(H,19,21,22). The van der Waals surface area contributed by atoms with E-state index in [1.807, 2.05) is 0 Å². The Kier molecular flexibility index (Phi) is 5.02. The fraction of sp³-hybridized carbons (Fsp3) is 0.533. The van der Waals surface area contributed by atoms with Gasteiger partial charge in [-0.3, -0.25) is 14.3 Å². The molecule has 1 aliphatic rings. The van der Waals surface area contributed by atoms with Gasteiger partial charge in [0.15, 0.2) is 0 Å². The number of fused-ring (bicyclic) bond motifs is 1. The molecule has 2 aromatic heterocycles. The number of aromatic nitrogens is 3. The number of aromatic amines is 1. The minimum Gasteiger partial charge on any atom is -0.316 e. The van der Waals surface area contributed by atoms with E-state index >= 15 is 0 Å². The Labute approximate surface area is 144 Å². The van der Waals surface area contributed by atoms with Crippen LogP contribution in [0, 0.1) is 5.92 Å². The fourth-order valence-corrected chi connectivity index (χ4v) is 4.03. The maximum atomic E-state index is 12.4. The first-order valence-electron chi connectivity index (χ1n) is 8.18. The van der Waals surface area contributed by atoms with Crippen LogP contribution >= 0.6 is 0 Å². The van der Waals surface area contributed by atoms with Crippen LogP contribution in [0.15, 0.2) is 26.7 Å². The van der Waals surface area contributed by atoms with Crippen LogP contribution in [-0.2, 0) is 17.1 Å². The van der Waals surface area contributed by atoms with E-state index < -0.39 is 21.3 Å². The van der Waals surface area contributed by atoms with Crippen LogP contribution in [-0.4, -0.2) is 42.6 Å². The molecule has 0 aliphatic carbocycles. The molecule has 3 rings (SSSR count). The molecule has 1 fully saturated rings. The number of piperidine rings is 1. The Morgan fingerprint density at radius 1 is 1.40 bits per heavy atom. The van der Waals surface area contributed by atoms with Gasteiger partial charge in [-0.15, -0.1) is 0 Å². The van der Waals surface area contributed by atoms with E-state index in [4.69, 9.17) is 0 Å². The van der Waals surface area contributed by atoms with Crippen LogP contribution in [0.1, 0.15) is 19.3 Å². The van der Waals surface area contributed by atoms with Crippen LogP contribution in [0.25, 0.3) is 11.0 Å². The Hall–Kier alpha value is -2.04. The summed E-state index contributed by atoms with van der Waals surface area (Å²) in [5, 5.41) is 3.35. The van der Waals surface area contributed by atoms with Crippen LogP contribution < -0.4 is 21.3 Å². The molecule has 1 aliphatic heterocycles. The molecular weight excluding hydrogens is 346 g/mol. The first-order valence-corrected chi connectivity index (χ1v) is 9.66. The molecule has 0 spiro atoms. The summed E-state index contributed by atoms with van der Waals surface area (Å²) in [5.41, 5.74) is -1.11. The van der Waals surface area contributed by atoms with Gasteiger partial charge in [0.05, 0.1) is 5.39 Å². The highest BCUT2D eigenvalue weighted by atomic mass is 32.2. The maximum absolute atomic E-state index is 12.4. The van der Waals surface area contributed by atoms with Gasteiger partial charge in [-0.05, 0) is 44.3 Å². The van der Waals surface area contributed by atoms with Crippen molar-refractivity contribution >= 4 is 21.1 Å². The molecule has 9 nitrogen and oxygen atoms in total. The number of pyridine rings is 1. The lowest BCUT2D eigenvalue weighted by atomic mass is 9.96. The molecule has 0 saturated carbocycles. The number of aryl methyl sites for hydroxylation is 1. The third kappa shape index (κ3) is 3.80. The predicted molar refractivity (Wildman–Crippen MR) is 93.0 cm³/mol. The molecule has 25 heavy (non-hydrogen) atoms. The minimum absolute atomic E-state index is 0.0569. The zero-order valence-electron chi connectivity index (χ0n) is 13.9. The Morgan fingerprint density at radius 2 is 2.20 bits per heavy atom. The van der Waals surface area contributed by atoms with Gasteiger partial charge in [0, 0.05) is 19.8 Å². The zero-order chi connectivity index (χ0) is 18.0. The second kappa shape index (κ2) is 7.06. The molecule has 0 amide bonds. The van der Waals surface area contributed by atoms with Gasteiger partial charge >= 0.3 is 5.69 Å². The van der Waals surface area contributed by atoms with E-state index in [1.165, 1.54) is 13.1 Å². The monoisotopic (exact) mass is 367 g/mol. The van der Waals surface area contributed by atoms with Crippen LogP contribution in [0.5, 0.6) is 0 Å². The molecule has 1 saturated heterocycles. The summed E-state index contributed by atoms with van der Waals surface area (Å²) >= 11 is 0. The van der Waals surface area contributed by atoms with Crippen molar-refractivity contribution in [2.75, 3.05) is 19.6 Å². The van der Waals surface area contributed by atoms with Gasteiger partial charge in [0.1, 0.15) is 10.5 Å². The van der Waals surface area contributed by atoms with Gasteiger partial charge in [-0.2, -0.15) is 0 Å². The molecule has 2 aromatic rings. The molecule has 10 heteroatoms. The highest BCUT2D eigenvalue weighted by Crippen LogP contribution is 2.15. The molecule has 3 N–H and O–H groups in total. The maximum Gasteiger partial charge on any atom is 0.329 e. The second-order valence-corrected chi connectivity index (χ2v) is 8.03. The molecule has 136 valence electrons. The van der Waals surface area contributed by atoms with Gasteiger partial charge < -0.3 is 5.32 Å². The quantitative estimate of drug-likeness (QED) is 0.641. The molecule has 1 atom stereocenters. The third-order valence-electron chi connectivity index (χ3n) is 4.48. The lowest BCUT2D eigenvalue weighted by Gasteiger charge is -2.22. The summed E-state index contributed by atoms with van der Waals surface area (Å²) in [6, 6.07) is 1.24. The summed E-state index contributed by atoms with van der Waals surface area (Å²) in [6.07, 6.45) is 4.11. The fourth-order valence-electron chi connectivity index (χ4n) is 3.02. The predicted octanol–water partition coefficient (Wildman–Crippen LogP) is -0.710. The van der Waals surface area contributed by atoms with E-state index in [0.717, 1.165) is 43.1 Å². The first-order chi connectivity index (χ1) is 11.9. The summed E-state index contributed by atoms with van der Waals surface area (Å²) in [4.78, 5) is 29.5. The Balaban J connectivity index is 1.80. The Bertz CT molecular complexity index is 989. The van der Waals surface area contributed by atoms with Crippen molar-refractivity contribution in [3.63, 3.8) is 0 Å². The van der Waals surface area contributed by atoms with E-state index in [9.17, 15) is 18.0 Å². The van der Waals surface area contributed by atoms with Crippen molar-refractivity contribution in [2.45, 2.75) is 24.2 Å². The summed E-state index contributed by atoms with van der Waals surface area (Å²) in [6.45, 7) is 2.25. The lowest BCUT2D eigenvalue weighted by Crippen LogP contribution is -2.33. The summed E-state index contributed by atoms with van der Waals surface area (Å²) in [7, 11) is -2.31. The average molecular weight is 367 g/mol. The van der Waals surface area contributed by atoms with Crippen molar-refractivity contribution in [3.05, 3.63) is 33.1 Å². The van der Waals surface area contributed by atoms with Crippen molar-refractivity contribution in [1.82, 2.24) is 24.6 Å².